The maximum absolute atomic E-state index is 13.2. The summed E-state index contributed by atoms with van der Waals surface area (Å²) in [5.74, 6) is 0.572. The fourth-order valence-corrected chi connectivity index (χ4v) is 3.42. The predicted molar refractivity (Wildman–Crippen MR) is 91.8 cm³/mol. The van der Waals surface area contributed by atoms with Gasteiger partial charge >= 0.3 is 0 Å². The molecular weight excluding hydrogens is 288 g/mol. The van der Waals surface area contributed by atoms with Crippen LogP contribution in [-0.2, 0) is 4.74 Å². The van der Waals surface area contributed by atoms with Crippen LogP contribution in [0.2, 0.25) is 0 Å². The molecule has 1 amide bonds. The Morgan fingerprint density at radius 3 is 2.87 bits per heavy atom. The van der Waals surface area contributed by atoms with Crippen molar-refractivity contribution in [3.8, 4) is 0 Å². The van der Waals surface area contributed by atoms with Crippen LogP contribution < -0.4 is 0 Å². The van der Waals surface area contributed by atoms with Gasteiger partial charge in [0, 0.05) is 37.2 Å². The van der Waals surface area contributed by atoms with Gasteiger partial charge in [-0.2, -0.15) is 0 Å². The molecule has 3 rings (SSSR count). The summed E-state index contributed by atoms with van der Waals surface area (Å²) in [4.78, 5) is 19.8. The van der Waals surface area contributed by atoms with Gasteiger partial charge in [0.25, 0.3) is 5.91 Å². The standard InChI is InChI=1S/C19H24N2O2/c1-12-5-6-17-16(9-12)18(13(2)14(3)20-17)19(22)21-8-7-15(10-21)11-23-4/h5-6,9,15H,7-8,10-11H2,1-4H3/t15-/m0/s1. The van der Waals surface area contributed by atoms with E-state index in [1.165, 1.54) is 0 Å². The van der Waals surface area contributed by atoms with Crippen molar-refractivity contribution >= 4 is 16.8 Å². The molecule has 2 aromatic rings. The molecule has 1 aliphatic heterocycles. The van der Waals surface area contributed by atoms with Gasteiger partial charge in [-0.05, 0) is 44.9 Å². The van der Waals surface area contributed by atoms with Crippen molar-refractivity contribution in [1.29, 1.82) is 0 Å². The molecule has 23 heavy (non-hydrogen) atoms. The van der Waals surface area contributed by atoms with Gasteiger partial charge in [0.15, 0.2) is 0 Å². The number of likely N-dealkylation sites (tertiary alicyclic amines) is 1. The van der Waals surface area contributed by atoms with E-state index in [2.05, 4.69) is 11.1 Å². The first-order chi connectivity index (χ1) is 11.0. The Labute approximate surface area is 137 Å². The van der Waals surface area contributed by atoms with Gasteiger partial charge < -0.3 is 9.64 Å². The number of ether oxygens (including phenoxy) is 1. The molecule has 1 atom stereocenters. The number of nitrogens with zero attached hydrogens (tertiary/aromatic N) is 2. The number of rotatable bonds is 3. The first kappa shape index (κ1) is 15.9. The average molecular weight is 312 g/mol. The Bertz CT molecular complexity index is 755. The maximum Gasteiger partial charge on any atom is 0.254 e. The molecule has 2 heterocycles. The third-order valence-electron chi connectivity index (χ3n) is 4.82. The van der Waals surface area contributed by atoms with Crippen LogP contribution in [0.15, 0.2) is 18.2 Å². The number of fused-ring (bicyclic) bond motifs is 1. The molecule has 4 heteroatoms. The number of hydrogen-bond donors (Lipinski definition) is 0. The second-order valence-electron chi connectivity index (χ2n) is 6.58. The first-order valence-corrected chi connectivity index (χ1v) is 8.17. The number of carbonyl (C=O) groups excluding carboxylic acids is 1. The lowest BCUT2D eigenvalue weighted by Gasteiger charge is -2.20. The van der Waals surface area contributed by atoms with Gasteiger partial charge in [0.1, 0.15) is 0 Å². The first-order valence-electron chi connectivity index (χ1n) is 8.17. The summed E-state index contributed by atoms with van der Waals surface area (Å²) in [5, 5.41) is 0.966. The number of amides is 1. The van der Waals surface area contributed by atoms with Crippen LogP contribution in [0, 0.1) is 26.7 Å². The molecule has 1 aromatic carbocycles. The second kappa shape index (κ2) is 6.28. The monoisotopic (exact) mass is 312 g/mol. The number of aromatic nitrogens is 1. The quantitative estimate of drug-likeness (QED) is 0.873. The van der Waals surface area contributed by atoms with Crippen LogP contribution in [-0.4, -0.2) is 42.6 Å². The van der Waals surface area contributed by atoms with E-state index in [1.807, 2.05) is 37.8 Å². The topological polar surface area (TPSA) is 42.4 Å². The van der Waals surface area contributed by atoms with E-state index in [4.69, 9.17) is 4.74 Å². The molecule has 1 aromatic heterocycles. The van der Waals surface area contributed by atoms with Crippen molar-refractivity contribution < 1.29 is 9.53 Å². The van der Waals surface area contributed by atoms with Crippen LogP contribution in [0.3, 0.4) is 0 Å². The molecule has 4 nitrogen and oxygen atoms in total. The molecule has 122 valence electrons. The van der Waals surface area contributed by atoms with Crippen molar-refractivity contribution in [1.82, 2.24) is 9.88 Å². The molecule has 0 unspecified atom stereocenters. The third kappa shape index (κ3) is 2.95. The lowest BCUT2D eigenvalue weighted by Crippen LogP contribution is -2.30. The lowest BCUT2D eigenvalue weighted by molar-refractivity contribution is 0.0776. The summed E-state index contributed by atoms with van der Waals surface area (Å²) in [6, 6.07) is 6.12. The minimum absolute atomic E-state index is 0.127. The molecule has 1 aliphatic rings. The molecule has 1 saturated heterocycles. The summed E-state index contributed by atoms with van der Waals surface area (Å²) < 4.78 is 5.24. The summed E-state index contributed by atoms with van der Waals surface area (Å²) in [6.45, 7) is 8.33. The van der Waals surface area contributed by atoms with E-state index in [0.717, 1.165) is 59.4 Å². The second-order valence-corrected chi connectivity index (χ2v) is 6.58. The fraction of sp³-hybridized carbons (Fsp3) is 0.474. The highest BCUT2D eigenvalue weighted by atomic mass is 16.5. The zero-order valence-corrected chi connectivity index (χ0v) is 14.3. The Morgan fingerprint density at radius 1 is 1.35 bits per heavy atom. The molecule has 0 spiro atoms. The Balaban J connectivity index is 2.03. The van der Waals surface area contributed by atoms with E-state index in [-0.39, 0.29) is 5.91 Å². The highest BCUT2D eigenvalue weighted by Crippen LogP contribution is 2.27. The van der Waals surface area contributed by atoms with Gasteiger partial charge in [-0.3, -0.25) is 9.78 Å². The Kier molecular flexibility index (Phi) is 4.35. The van der Waals surface area contributed by atoms with Crippen molar-refractivity contribution in [3.05, 3.63) is 40.6 Å². The smallest absolute Gasteiger partial charge is 0.254 e. The summed E-state index contributed by atoms with van der Waals surface area (Å²) in [7, 11) is 1.72. The van der Waals surface area contributed by atoms with Crippen LogP contribution >= 0.6 is 0 Å². The number of hydrogen-bond acceptors (Lipinski definition) is 3. The van der Waals surface area contributed by atoms with E-state index in [9.17, 15) is 4.79 Å². The van der Waals surface area contributed by atoms with Gasteiger partial charge in [-0.1, -0.05) is 11.6 Å². The molecular formula is C19H24N2O2. The van der Waals surface area contributed by atoms with E-state index in [1.54, 1.807) is 7.11 Å². The highest BCUT2D eigenvalue weighted by Gasteiger charge is 2.29. The number of pyridine rings is 1. The van der Waals surface area contributed by atoms with E-state index < -0.39 is 0 Å². The van der Waals surface area contributed by atoms with E-state index in [0.29, 0.717) is 5.92 Å². The number of aryl methyl sites for hydroxylation is 2. The SMILES string of the molecule is COC[C@H]1CCN(C(=O)c2c(C)c(C)nc3ccc(C)cc23)C1. The van der Waals surface area contributed by atoms with Gasteiger partial charge in [-0.15, -0.1) is 0 Å². The van der Waals surface area contributed by atoms with Crippen LogP contribution in [0.25, 0.3) is 10.9 Å². The molecule has 0 radical (unpaired) electrons. The summed E-state index contributed by atoms with van der Waals surface area (Å²) in [6.07, 6.45) is 1.01. The minimum Gasteiger partial charge on any atom is -0.384 e. The van der Waals surface area contributed by atoms with Crippen molar-refractivity contribution in [2.45, 2.75) is 27.2 Å². The molecule has 0 N–H and O–H groups in total. The lowest BCUT2D eigenvalue weighted by atomic mass is 9.99. The average Bonchev–Trinajstić information content (AvgIpc) is 2.98. The van der Waals surface area contributed by atoms with Crippen LogP contribution in [0.1, 0.15) is 33.6 Å². The normalized spacial score (nSPS) is 17.9. The van der Waals surface area contributed by atoms with Crippen molar-refractivity contribution in [2.24, 2.45) is 5.92 Å². The summed E-state index contributed by atoms with van der Waals surface area (Å²) >= 11 is 0. The molecule has 0 aliphatic carbocycles. The number of benzene rings is 1. The fourth-order valence-electron chi connectivity index (χ4n) is 3.42. The summed E-state index contributed by atoms with van der Waals surface area (Å²) in [5.41, 5.74) is 4.78. The van der Waals surface area contributed by atoms with Gasteiger partial charge in [-0.25, -0.2) is 0 Å². The zero-order valence-electron chi connectivity index (χ0n) is 14.3. The minimum atomic E-state index is 0.127. The van der Waals surface area contributed by atoms with E-state index >= 15 is 0 Å². The van der Waals surface area contributed by atoms with Crippen LogP contribution in [0.5, 0.6) is 0 Å². The predicted octanol–water partition coefficient (Wildman–Crippen LogP) is 3.27. The molecule has 0 bridgehead atoms. The Morgan fingerprint density at radius 2 is 2.13 bits per heavy atom. The zero-order chi connectivity index (χ0) is 16.6. The van der Waals surface area contributed by atoms with Crippen molar-refractivity contribution in [2.75, 3.05) is 26.8 Å². The molecule has 0 saturated carbocycles. The highest BCUT2D eigenvalue weighted by molar-refractivity contribution is 6.07. The van der Waals surface area contributed by atoms with Crippen molar-refractivity contribution in [3.63, 3.8) is 0 Å². The van der Waals surface area contributed by atoms with Gasteiger partial charge in [0.05, 0.1) is 17.7 Å². The largest absolute Gasteiger partial charge is 0.384 e. The Hall–Kier alpha value is -1.94. The maximum atomic E-state index is 13.2. The van der Waals surface area contributed by atoms with Crippen LogP contribution in [0.4, 0.5) is 0 Å². The third-order valence-corrected chi connectivity index (χ3v) is 4.82. The number of carbonyl (C=O) groups is 1. The number of methoxy groups -OCH3 is 1. The van der Waals surface area contributed by atoms with Gasteiger partial charge in [0.2, 0.25) is 0 Å². The molecule has 1 fully saturated rings.